The lowest BCUT2D eigenvalue weighted by molar-refractivity contribution is 0.932. The van der Waals surface area contributed by atoms with Crippen LogP contribution in [-0.2, 0) is 0 Å². The molecule has 2 N–H and O–H groups in total. The molecule has 0 amide bonds. The molecule has 0 fully saturated rings. The van der Waals surface area contributed by atoms with Crippen LogP contribution in [0.25, 0.3) is 0 Å². The van der Waals surface area contributed by atoms with Crippen molar-refractivity contribution in [2.24, 2.45) is 0 Å². The number of thioether (sulfide) groups is 1. The first-order chi connectivity index (χ1) is 6.15. The number of halogens is 2. The van der Waals surface area contributed by atoms with Crippen LogP contribution in [-0.4, -0.2) is 15.7 Å². The highest BCUT2D eigenvalue weighted by atomic mass is 79.9. The molecule has 72 valence electrons. The zero-order valence-electron chi connectivity index (χ0n) is 7.05. The Balaban J connectivity index is 2.86. The van der Waals surface area contributed by atoms with Crippen molar-refractivity contribution in [1.82, 2.24) is 9.97 Å². The van der Waals surface area contributed by atoms with Gasteiger partial charge < -0.3 is 5.73 Å². The zero-order valence-corrected chi connectivity index (χ0v) is 11.0. The molecular weight excluding hydrogens is 318 g/mol. The number of nitrogen functional groups attached to an aromatic ring is 1. The predicted octanol–water partition coefficient (Wildman–Crippen LogP) is 3.09. The van der Waals surface area contributed by atoms with Crippen molar-refractivity contribution in [3.63, 3.8) is 0 Å². The summed E-state index contributed by atoms with van der Waals surface area (Å²) in [7, 11) is 0. The Labute approximate surface area is 98.2 Å². The second-order valence-corrected chi connectivity index (χ2v) is 4.91. The van der Waals surface area contributed by atoms with Crippen molar-refractivity contribution in [2.75, 3.05) is 11.5 Å². The first-order valence-corrected chi connectivity index (χ1v) is 6.33. The molecule has 6 heteroatoms. The van der Waals surface area contributed by atoms with E-state index in [9.17, 15) is 0 Å². The Hall–Kier alpha value is 0.190. The molecule has 0 aliphatic heterocycles. The van der Waals surface area contributed by atoms with E-state index in [0.29, 0.717) is 14.9 Å². The summed E-state index contributed by atoms with van der Waals surface area (Å²) in [5, 5.41) is 0.745. The Kier molecular flexibility index (Phi) is 4.48. The average Bonchev–Trinajstić information content (AvgIpc) is 2.10. The molecule has 0 spiro atoms. The van der Waals surface area contributed by atoms with Crippen molar-refractivity contribution >= 4 is 49.3 Å². The van der Waals surface area contributed by atoms with Gasteiger partial charge in [-0.15, -0.1) is 0 Å². The van der Waals surface area contributed by atoms with Gasteiger partial charge in [-0.1, -0.05) is 18.7 Å². The van der Waals surface area contributed by atoms with Crippen LogP contribution in [0.5, 0.6) is 0 Å². The summed E-state index contributed by atoms with van der Waals surface area (Å²) in [4.78, 5) is 8.37. The molecule has 0 radical (unpaired) electrons. The molecule has 0 bridgehead atoms. The van der Waals surface area contributed by atoms with E-state index >= 15 is 0 Å². The molecular formula is C7H9Br2N3S. The number of rotatable bonds is 3. The molecule has 13 heavy (non-hydrogen) atoms. The van der Waals surface area contributed by atoms with Crippen molar-refractivity contribution in [1.29, 1.82) is 0 Å². The smallest absolute Gasteiger partial charge is 0.189 e. The van der Waals surface area contributed by atoms with Gasteiger partial charge in [-0.2, -0.15) is 0 Å². The Bertz CT molecular complexity index is 283. The molecule has 0 aromatic carbocycles. The number of anilines is 1. The minimum Gasteiger partial charge on any atom is -0.394 e. The minimum absolute atomic E-state index is 0.542. The van der Waals surface area contributed by atoms with Gasteiger partial charge in [0.1, 0.15) is 9.21 Å². The van der Waals surface area contributed by atoms with Crippen molar-refractivity contribution in [3.05, 3.63) is 9.21 Å². The first kappa shape index (κ1) is 11.3. The van der Waals surface area contributed by atoms with Gasteiger partial charge >= 0.3 is 0 Å². The van der Waals surface area contributed by atoms with Crippen LogP contribution in [0.2, 0.25) is 0 Å². The van der Waals surface area contributed by atoms with Gasteiger partial charge in [0.25, 0.3) is 0 Å². The van der Waals surface area contributed by atoms with Crippen molar-refractivity contribution in [3.8, 4) is 0 Å². The topological polar surface area (TPSA) is 51.8 Å². The molecule has 0 saturated carbocycles. The second-order valence-electron chi connectivity index (χ2n) is 2.35. The third-order valence-electron chi connectivity index (χ3n) is 1.27. The second kappa shape index (κ2) is 5.17. The van der Waals surface area contributed by atoms with Crippen LogP contribution in [0.1, 0.15) is 13.3 Å². The lowest BCUT2D eigenvalue weighted by atomic mass is 10.6. The predicted molar refractivity (Wildman–Crippen MR) is 62.9 cm³/mol. The van der Waals surface area contributed by atoms with E-state index in [1.807, 2.05) is 0 Å². The maximum Gasteiger partial charge on any atom is 0.189 e. The number of nitrogens with two attached hydrogens (primary N) is 1. The number of nitrogens with zero attached hydrogens (tertiary/aromatic N) is 2. The van der Waals surface area contributed by atoms with Gasteiger partial charge in [-0.05, 0) is 38.3 Å². The summed E-state index contributed by atoms with van der Waals surface area (Å²) >= 11 is 8.16. The van der Waals surface area contributed by atoms with E-state index in [0.717, 1.165) is 17.3 Å². The Morgan fingerprint density at radius 1 is 1.31 bits per heavy atom. The van der Waals surface area contributed by atoms with Gasteiger partial charge in [-0.25, -0.2) is 9.97 Å². The summed E-state index contributed by atoms with van der Waals surface area (Å²) in [6.45, 7) is 2.12. The summed E-state index contributed by atoms with van der Waals surface area (Å²) in [5.74, 6) is 1.02. The highest BCUT2D eigenvalue weighted by molar-refractivity contribution is 9.11. The maximum absolute atomic E-state index is 5.65. The van der Waals surface area contributed by atoms with Gasteiger partial charge in [0.15, 0.2) is 5.16 Å². The monoisotopic (exact) mass is 325 g/mol. The fourth-order valence-electron chi connectivity index (χ4n) is 0.656. The highest BCUT2D eigenvalue weighted by Crippen LogP contribution is 2.27. The van der Waals surface area contributed by atoms with E-state index in [4.69, 9.17) is 5.73 Å². The van der Waals surface area contributed by atoms with E-state index in [-0.39, 0.29) is 0 Å². The van der Waals surface area contributed by atoms with Crippen LogP contribution in [0.15, 0.2) is 14.4 Å². The zero-order chi connectivity index (χ0) is 9.84. The molecule has 1 aromatic rings. The van der Waals surface area contributed by atoms with Gasteiger partial charge in [-0.3, -0.25) is 0 Å². The van der Waals surface area contributed by atoms with Gasteiger partial charge in [0.05, 0.1) is 5.69 Å². The summed E-state index contributed by atoms with van der Waals surface area (Å²) < 4.78 is 1.29. The summed E-state index contributed by atoms with van der Waals surface area (Å²) in [6, 6.07) is 0. The summed E-state index contributed by atoms with van der Waals surface area (Å²) in [6.07, 6.45) is 1.10. The van der Waals surface area contributed by atoms with Crippen molar-refractivity contribution in [2.45, 2.75) is 18.5 Å². The first-order valence-electron chi connectivity index (χ1n) is 3.76. The van der Waals surface area contributed by atoms with E-state index in [1.165, 1.54) is 0 Å². The Morgan fingerprint density at radius 2 is 1.85 bits per heavy atom. The lowest BCUT2D eigenvalue weighted by Gasteiger charge is -2.03. The normalized spacial score (nSPS) is 10.4. The van der Waals surface area contributed by atoms with Crippen molar-refractivity contribution < 1.29 is 0 Å². The molecule has 1 heterocycles. The number of aromatic nitrogens is 2. The van der Waals surface area contributed by atoms with Crippen LogP contribution in [0.3, 0.4) is 0 Å². The molecule has 0 atom stereocenters. The number of hydrogen-bond donors (Lipinski definition) is 1. The summed E-state index contributed by atoms with van der Waals surface area (Å²) in [5.41, 5.74) is 6.19. The minimum atomic E-state index is 0.542. The molecule has 0 unspecified atom stereocenters. The quantitative estimate of drug-likeness (QED) is 0.527. The van der Waals surface area contributed by atoms with Crippen LogP contribution >= 0.6 is 43.6 Å². The fourth-order valence-corrected chi connectivity index (χ4v) is 2.57. The lowest BCUT2D eigenvalue weighted by Crippen LogP contribution is -1.97. The SMILES string of the molecule is CCCSc1nc(Br)c(N)c(Br)n1. The molecule has 1 rings (SSSR count). The molecule has 0 aliphatic rings. The molecule has 1 aromatic heterocycles. The van der Waals surface area contributed by atoms with Gasteiger partial charge in [0.2, 0.25) is 0 Å². The fraction of sp³-hybridized carbons (Fsp3) is 0.429. The molecule has 3 nitrogen and oxygen atoms in total. The highest BCUT2D eigenvalue weighted by Gasteiger charge is 2.07. The maximum atomic E-state index is 5.65. The number of hydrogen-bond acceptors (Lipinski definition) is 4. The largest absolute Gasteiger partial charge is 0.394 e. The molecule has 0 saturated heterocycles. The van der Waals surface area contributed by atoms with E-state index in [2.05, 4.69) is 48.8 Å². The van der Waals surface area contributed by atoms with E-state index < -0.39 is 0 Å². The van der Waals surface area contributed by atoms with Crippen LogP contribution in [0.4, 0.5) is 5.69 Å². The Morgan fingerprint density at radius 3 is 2.31 bits per heavy atom. The standard InChI is InChI=1S/C7H9Br2N3S/c1-2-3-13-7-11-5(8)4(10)6(9)12-7/h2-3,10H2,1H3. The average molecular weight is 327 g/mol. The van der Waals surface area contributed by atoms with Gasteiger partial charge in [0, 0.05) is 5.75 Å². The van der Waals surface area contributed by atoms with Crippen LogP contribution in [0, 0.1) is 0 Å². The third-order valence-corrected chi connectivity index (χ3v) is 3.53. The third kappa shape index (κ3) is 3.11. The molecule has 0 aliphatic carbocycles. The van der Waals surface area contributed by atoms with Crippen LogP contribution < -0.4 is 5.73 Å². The van der Waals surface area contributed by atoms with E-state index in [1.54, 1.807) is 11.8 Å².